The van der Waals surface area contributed by atoms with Crippen molar-refractivity contribution in [1.29, 1.82) is 0 Å². The molecule has 0 spiro atoms. The third-order valence-corrected chi connectivity index (χ3v) is 5.78. The normalized spacial score (nSPS) is 17.5. The van der Waals surface area contributed by atoms with Crippen LogP contribution in [-0.2, 0) is 22.4 Å². The smallest absolute Gasteiger partial charge is 0.242 e. The van der Waals surface area contributed by atoms with Crippen LogP contribution in [0.5, 0.6) is 0 Å². The predicted octanol–water partition coefficient (Wildman–Crippen LogP) is 1.48. The summed E-state index contributed by atoms with van der Waals surface area (Å²) in [5.41, 5.74) is 1.39. The largest absolute Gasteiger partial charge is 0.378 e. The number of hydrogen-bond donors (Lipinski definition) is 0. The molecule has 2 aromatic heterocycles. The van der Waals surface area contributed by atoms with Crippen LogP contribution in [0.15, 0.2) is 6.33 Å². The summed E-state index contributed by atoms with van der Waals surface area (Å²) in [5, 5.41) is 1.15. The fraction of sp³-hybridized carbons (Fsp3) is 0.562. The molecule has 1 aliphatic carbocycles. The van der Waals surface area contributed by atoms with Crippen molar-refractivity contribution in [2.75, 3.05) is 44.8 Å². The second kappa shape index (κ2) is 6.05. The zero-order chi connectivity index (χ0) is 15.8. The molecule has 1 saturated heterocycles. The van der Waals surface area contributed by atoms with E-state index in [2.05, 4.69) is 9.97 Å². The molecular formula is C16H20N4O2S. The molecule has 1 aliphatic heterocycles. The Morgan fingerprint density at radius 2 is 2.17 bits per heavy atom. The first kappa shape index (κ1) is 14.8. The quantitative estimate of drug-likeness (QED) is 0.852. The lowest BCUT2D eigenvalue weighted by Gasteiger charge is -2.29. The molecule has 6 nitrogen and oxygen atoms in total. The van der Waals surface area contributed by atoms with E-state index in [0.29, 0.717) is 32.8 Å². The number of carbonyl (C=O) groups is 1. The van der Waals surface area contributed by atoms with Crippen LogP contribution in [0.25, 0.3) is 10.2 Å². The van der Waals surface area contributed by atoms with E-state index in [1.807, 2.05) is 16.8 Å². The zero-order valence-corrected chi connectivity index (χ0v) is 14.1. The van der Waals surface area contributed by atoms with Gasteiger partial charge < -0.3 is 14.5 Å². The number of amides is 1. The maximum atomic E-state index is 12.5. The van der Waals surface area contributed by atoms with Gasteiger partial charge in [0.1, 0.15) is 17.0 Å². The van der Waals surface area contributed by atoms with Crippen LogP contribution in [0.2, 0.25) is 0 Å². The number of thiophene rings is 1. The molecule has 0 aromatic carbocycles. The van der Waals surface area contributed by atoms with Crippen LogP contribution >= 0.6 is 11.3 Å². The van der Waals surface area contributed by atoms with Gasteiger partial charge in [-0.05, 0) is 24.8 Å². The molecule has 0 saturated carbocycles. The van der Waals surface area contributed by atoms with Gasteiger partial charge in [0.15, 0.2) is 0 Å². The monoisotopic (exact) mass is 332 g/mol. The van der Waals surface area contributed by atoms with Crippen molar-refractivity contribution in [2.45, 2.75) is 19.3 Å². The van der Waals surface area contributed by atoms with Crippen LogP contribution in [0.3, 0.4) is 0 Å². The van der Waals surface area contributed by atoms with E-state index in [4.69, 9.17) is 4.74 Å². The third-order valence-electron chi connectivity index (χ3n) is 4.58. The molecule has 3 heterocycles. The van der Waals surface area contributed by atoms with E-state index in [-0.39, 0.29) is 5.91 Å². The van der Waals surface area contributed by atoms with Gasteiger partial charge in [-0.3, -0.25) is 4.79 Å². The van der Waals surface area contributed by atoms with Crippen LogP contribution in [0, 0.1) is 0 Å². The van der Waals surface area contributed by atoms with Crippen LogP contribution < -0.4 is 4.90 Å². The number of hydrogen-bond acceptors (Lipinski definition) is 6. The zero-order valence-electron chi connectivity index (χ0n) is 13.2. The number of anilines is 1. The van der Waals surface area contributed by atoms with E-state index >= 15 is 0 Å². The lowest BCUT2D eigenvalue weighted by atomic mass is 10.2. The van der Waals surface area contributed by atoms with Gasteiger partial charge >= 0.3 is 0 Å². The minimum Gasteiger partial charge on any atom is -0.378 e. The molecule has 2 aliphatic rings. The summed E-state index contributed by atoms with van der Waals surface area (Å²) in [4.78, 5) is 27.7. The van der Waals surface area contributed by atoms with Gasteiger partial charge in [-0.1, -0.05) is 0 Å². The van der Waals surface area contributed by atoms with Crippen molar-refractivity contribution in [3.05, 3.63) is 16.8 Å². The van der Waals surface area contributed by atoms with Gasteiger partial charge in [-0.15, -0.1) is 11.3 Å². The van der Waals surface area contributed by atoms with Crippen molar-refractivity contribution in [1.82, 2.24) is 14.9 Å². The Hall–Kier alpha value is -1.73. The Kier molecular flexibility index (Phi) is 3.90. The highest BCUT2D eigenvalue weighted by Crippen LogP contribution is 2.39. The van der Waals surface area contributed by atoms with Gasteiger partial charge in [-0.25, -0.2) is 9.97 Å². The predicted molar refractivity (Wildman–Crippen MR) is 90.1 cm³/mol. The Morgan fingerprint density at radius 1 is 1.35 bits per heavy atom. The van der Waals surface area contributed by atoms with Crippen molar-refractivity contribution < 1.29 is 9.53 Å². The highest BCUT2D eigenvalue weighted by atomic mass is 32.1. The minimum absolute atomic E-state index is 0.134. The topological polar surface area (TPSA) is 58.6 Å². The first-order chi connectivity index (χ1) is 11.2. The molecule has 0 unspecified atom stereocenters. The summed E-state index contributed by atoms with van der Waals surface area (Å²) in [6, 6.07) is 0. The molecule has 7 heteroatoms. The summed E-state index contributed by atoms with van der Waals surface area (Å²) in [6.45, 7) is 2.96. The molecule has 0 bridgehead atoms. The lowest BCUT2D eigenvalue weighted by molar-refractivity contribution is -0.133. The van der Waals surface area contributed by atoms with Crippen LogP contribution in [0.1, 0.15) is 16.9 Å². The Morgan fingerprint density at radius 3 is 3.00 bits per heavy atom. The number of rotatable bonds is 3. The average Bonchev–Trinajstić information content (AvgIpc) is 3.16. The second-order valence-electron chi connectivity index (χ2n) is 6.08. The summed E-state index contributed by atoms with van der Waals surface area (Å²) >= 11 is 1.78. The molecule has 0 radical (unpaired) electrons. The lowest BCUT2D eigenvalue weighted by Crippen LogP contribution is -2.45. The molecule has 0 atom stereocenters. The first-order valence-corrected chi connectivity index (χ1v) is 8.87. The van der Waals surface area contributed by atoms with E-state index in [0.717, 1.165) is 28.9 Å². The number of morpholine rings is 1. The van der Waals surface area contributed by atoms with Crippen LogP contribution in [-0.4, -0.2) is 60.7 Å². The molecule has 122 valence electrons. The standard InChI is InChI=1S/C16H20N4O2S/c1-19(9-13(21)20-5-7-22-8-6-20)15-14-11-3-2-4-12(11)23-16(14)18-10-17-15/h10H,2-9H2,1H3. The highest BCUT2D eigenvalue weighted by Gasteiger charge is 2.24. The van der Waals surface area contributed by atoms with Crippen molar-refractivity contribution in [3.8, 4) is 0 Å². The first-order valence-electron chi connectivity index (χ1n) is 8.06. The van der Waals surface area contributed by atoms with E-state index in [1.165, 1.54) is 16.9 Å². The maximum Gasteiger partial charge on any atom is 0.242 e. The molecular weight excluding hydrogens is 312 g/mol. The van der Waals surface area contributed by atoms with E-state index in [1.54, 1.807) is 17.7 Å². The number of aromatic nitrogens is 2. The number of ether oxygens (including phenoxy) is 1. The van der Waals surface area contributed by atoms with Crippen molar-refractivity contribution >= 4 is 33.3 Å². The molecule has 1 fully saturated rings. The number of likely N-dealkylation sites (N-methyl/N-ethyl adjacent to an activating group) is 1. The SMILES string of the molecule is CN(CC(=O)N1CCOCC1)c1ncnc2sc3c(c12)CCC3. The van der Waals surface area contributed by atoms with E-state index in [9.17, 15) is 4.79 Å². The third kappa shape index (κ3) is 2.68. The highest BCUT2D eigenvalue weighted by molar-refractivity contribution is 7.19. The van der Waals surface area contributed by atoms with Gasteiger partial charge in [0.2, 0.25) is 5.91 Å². The number of aryl methyl sites for hydroxylation is 2. The summed E-state index contributed by atoms with van der Waals surface area (Å²) in [6.07, 6.45) is 5.06. The van der Waals surface area contributed by atoms with Crippen molar-refractivity contribution in [2.24, 2.45) is 0 Å². The summed E-state index contributed by atoms with van der Waals surface area (Å²) in [5.74, 6) is 1.02. The Labute approximate surface area is 139 Å². The Balaban J connectivity index is 1.59. The Bertz CT molecular complexity index is 739. The number of fused-ring (bicyclic) bond motifs is 3. The van der Waals surface area contributed by atoms with Gasteiger partial charge in [0.25, 0.3) is 0 Å². The average molecular weight is 332 g/mol. The van der Waals surface area contributed by atoms with E-state index < -0.39 is 0 Å². The maximum absolute atomic E-state index is 12.5. The number of nitrogens with zero attached hydrogens (tertiary/aromatic N) is 4. The summed E-state index contributed by atoms with van der Waals surface area (Å²) < 4.78 is 5.31. The van der Waals surface area contributed by atoms with Gasteiger partial charge in [0, 0.05) is 25.0 Å². The van der Waals surface area contributed by atoms with Gasteiger partial charge in [-0.2, -0.15) is 0 Å². The fourth-order valence-electron chi connectivity index (χ4n) is 3.39. The minimum atomic E-state index is 0.134. The molecule has 2 aromatic rings. The van der Waals surface area contributed by atoms with Crippen LogP contribution in [0.4, 0.5) is 5.82 Å². The molecule has 0 N–H and O–H groups in total. The molecule has 4 rings (SSSR count). The molecule has 23 heavy (non-hydrogen) atoms. The summed E-state index contributed by atoms with van der Waals surface area (Å²) in [7, 11) is 1.94. The van der Waals surface area contributed by atoms with Crippen molar-refractivity contribution in [3.63, 3.8) is 0 Å². The fourth-order valence-corrected chi connectivity index (χ4v) is 4.62. The second-order valence-corrected chi connectivity index (χ2v) is 7.17. The molecule has 1 amide bonds. The van der Waals surface area contributed by atoms with Gasteiger partial charge in [0.05, 0.1) is 25.1 Å². The number of carbonyl (C=O) groups excluding carboxylic acids is 1.